The first-order valence-electron chi connectivity index (χ1n) is 7.95. The second-order valence-electron chi connectivity index (χ2n) is 6.77. The van der Waals surface area contributed by atoms with Gasteiger partial charge in [0.25, 0.3) is 0 Å². The first kappa shape index (κ1) is 14.1. The van der Waals surface area contributed by atoms with Crippen LogP contribution in [0.2, 0.25) is 0 Å². The molecule has 1 heteroatoms. The Hall–Kier alpha value is -0.300. The van der Waals surface area contributed by atoms with Crippen molar-refractivity contribution in [3.05, 3.63) is 12.7 Å². The molecule has 0 spiro atoms. The maximum Gasteiger partial charge on any atom is 0.0660 e. The summed E-state index contributed by atoms with van der Waals surface area (Å²) in [5.41, 5.74) is 0. The van der Waals surface area contributed by atoms with E-state index >= 15 is 0 Å². The van der Waals surface area contributed by atoms with Crippen LogP contribution in [0.15, 0.2) is 12.7 Å². The van der Waals surface area contributed by atoms with Crippen molar-refractivity contribution in [1.82, 2.24) is 0 Å². The molecule has 0 heterocycles. The van der Waals surface area contributed by atoms with Crippen LogP contribution in [0.1, 0.15) is 58.8 Å². The van der Waals surface area contributed by atoms with Gasteiger partial charge in [-0.3, -0.25) is 0 Å². The molecular formula is C17H30O. The fourth-order valence-corrected chi connectivity index (χ4v) is 3.34. The Labute approximate surface area is 113 Å². The Morgan fingerprint density at radius 2 is 1.78 bits per heavy atom. The van der Waals surface area contributed by atoms with Crippen molar-refractivity contribution in [1.29, 1.82) is 0 Å². The van der Waals surface area contributed by atoms with Crippen LogP contribution in [-0.4, -0.2) is 12.7 Å². The van der Waals surface area contributed by atoms with Crippen molar-refractivity contribution < 1.29 is 4.74 Å². The summed E-state index contributed by atoms with van der Waals surface area (Å²) in [4.78, 5) is 0. The average molecular weight is 250 g/mol. The van der Waals surface area contributed by atoms with E-state index in [1.54, 1.807) is 0 Å². The summed E-state index contributed by atoms with van der Waals surface area (Å²) in [5, 5.41) is 0. The van der Waals surface area contributed by atoms with Gasteiger partial charge in [-0.2, -0.15) is 0 Å². The average Bonchev–Trinajstić information content (AvgIpc) is 3.03. The summed E-state index contributed by atoms with van der Waals surface area (Å²) < 4.78 is 6.22. The Balaban J connectivity index is 1.84. The van der Waals surface area contributed by atoms with E-state index in [0.717, 1.165) is 18.4 Å². The Kier molecular flexibility index (Phi) is 5.29. The lowest BCUT2D eigenvalue weighted by Crippen LogP contribution is -2.30. The van der Waals surface area contributed by atoms with Crippen molar-refractivity contribution in [2.24, 2.45) is 23.7 Å². The molecule has 2 saturated carbocycles. The minimum absolute atomic E-state index is 0.392. The van der Waals surface area contributed by atoms with Gasteiger partial charge in [0.2, 0.25) is 0 Å². The summed E-state index contributed by atoms with van der Waals surface area (Å²) in [6.07, 6.45) is 12.3. The van der Waals surface area contributed by atoms with Gasteiger partial charge >= 0.3 is 0 Å². The predicted molar refractivity (Wildman–Crippen MR) is 77.6 cm³/mol. The molecule has 2 atom stereocenters. The smallest absolute Gasteiger partial charge is 0.0660 e. The van der Waals surface area contributed by atoms with Gasteiger partial charge < -0.3 is 4.74 Å². The molecule has 0 bridgehead atoms. The minimum atomic E-state index is 0.392. The molecule has 2 aliphatic rings. The van der Waals surface area contributed by atoms with Crippen LogP contribution < -0.4 is 0 Å². The van der Waals surface area contributed by atoms with E-state index < -0.39 is 0 Å². The molecule has 0 aliphatic heterocycles. The molecule has 0 saturated heterocycles. The molecule has 2 rings (SSSR count). The van der Waals surface area contributed by atoms with Crippen LogP contribution in [0.5, 0.6) is 0 Å². The molecule has 0 amide bonds. The molecule has 2 fully saturated rings. The highest BCUT2D eigenvalue weighted by Gasteiger charge is 2.29. The predicted octanol–water partition coefficient (Wildman–Crippen LogP) is 4.82. The molecular weight excluding hydrogens is 220 g/mol. The lowest BCUT2D eigenvalue weighted by atomic mass is 9.85. The maximum atomic E-state index is 6.22. The van der Waals surface area contributed by atoms with Gasteiger partial charge in [0.15, 0.2) is 0 Å². The molecule has 2 aliphatic carbocycles. The zero-order valence-electron chi connectivity index (χ0n) is 12.2. The standard InChI is InChI=1S/C17H30O/c1-4-16(11-14-7-5-6-8-14)17(13(2)3)18-12-15-9-10-15/h4,13-17H,1,5-12H2,2-3H3/t16?,17-/m0/s1. The summed E-state index contributed by atoms with van der Waals surface area (Å²) in [6, 6.07) is 0. The van der Waals surface area contributed by atoms with Crippen LogP contribution >= 0.6 is 0 Å². The SMILES string of the molecule is C=CC(CC1CCCC1)[C@@H](OCC1CC1)C(C)C. The van der Waals surface area contributed by atoms with Crippen molar-refractivity contribution in [2.45, 2.75) is 64.9 Å². The highest BCUT2D eigenvalue weighted by Crippen LogP contribution is 2.35. The quantitative estimate of drug-likeness (QED) is 0.561. The third-order valence-electron chi connectivity index (χ3n) is 4.68. The van der Waals surface area contributed by atoms with Crippen molar-refractivity contribution in [3.63, 3.8) is 0 Å². The maximum absolute atomic E-state index is 6.22. The van der Waals surface area contributed by atoms with Crippen LogP contribution in [0.3, 0.4) is 0 Å². The van der Waals surface area contributed by atoms with Gasteiger partial charge in [-0.05, 0) is 37.0 Å². The molecule has 18 heavy (non-hydrogen) atoms. The van der Waals surface area contributed by atoms with E-state index in [-0.39, 0.29) is 0 Å². The third-order valence-corrected chi connectivity index (χ3v) is 4.68. The van der Waals surface area contributed by atoms with E-state index in [4.69, 9.17) is 4.74 Å². The van der Waals surface area contributed by atoms with E-state index in [0.29, 0.717) is 17.9 Å². The van der Waals surface area contributed by atoms with Crippen LogP contribution in [0, 0.1) is 23.7 Å². The lowest BCUT2D eigenvalue weighted by molar-refractivity contribution is -0.0157. The fraction of sp³-hybridized carbons (Fsp3) is 0.882. The molecule has 1 unspecified atom stereocenters. The number of rotatable bonds is 8. The van der Waals surface area contributed by atoms with Gasteiger partial charge in [-0.15, -0.1) is 6.58 Å². The molecule has 0 radical (unpaired) electrons. The summed E-state index contributed by atoms with van der Waals surface area (Å²) in [5.74, 6) is 2.96. The van der Waals surface area contributed by atoms with Gasteiger partial charge in [0, 0.05) is 12.5 Å². The molecule has 0 N–H and O–H groups in total. The van der Waals surface area contributed by atoms with E-state index in [1.807, 2.05) is 0 Å². The fourth-order valence-electron chi connectivity index (χ4n) is 3.34. The monoisotopic (exact) mass is 250 g/mol. The van der Waals surface area contributed by atoms with Gasteiger partial charge in [-0.25, -0.2) is 0 Å². The zero-order valence-corrected chi connectivity index (χ0v) is 12.2. The van der Waals surface area contributed by atoms with Gasteiger partial charge in [0.05, 0.1) is 6.10 Å². The lowest BCUT2D eigenvalue weighted by Gasteiger charge is -2.30. The summed E-state index contributed by atoms with van der Waals surface area (Å²) in [6.45, 7) is 9.64. The largest absolute Gasteiger partial charge is 0.377 e. The molecule has 104 valence electrons. The molecule has 0 aromatic heterocycles. The highest BCUT2D eigenvalue weighted by molar-refractivity contribution is 4.90. The Morgan fingerprint density at radius 1 is 1.11 bits per heavy atom. The summed E-state index contributed by atoms with van der Waals surface area (Å²) in [7, 11) is 0. The normalized spacial score (nSPS) is 24.4. The van der Waals surface area contributed by atoms with E-state index in [2.05, 4.69) is 26.5 Å². The molecule has 0 aromatic rings. The van der Waals surface area contributed by atoms with Crippen LogP contribution in [-0.2, 0) is 4.74 Å². The molecule has 1 nitrogen and oxygen atoms in total. The van der Waals surface area contributed by atoms with E-state index in [9.17, 15) is 0 Å². The zero-order chi connectivity index (χ0) is 13.0. The third kappa shape index (κ3) is 4.12. The van der Waals surface area contributed by atoms with Crippen LogP contribution in [0.4, 0.5) is 0 Å². The van der Waals surface area contributed by atoms with Crippen LogP contribution in [0.25, 0.3) is 0 Å². The van der Waals surface area contributed by atoms with Crippen molar-refractivity contribution in [2.75, 3.05) is 6.61 Å². The minimum Gasteiger partial charge on any atom is -0.377 e. The van der Waals surface area contributed by atoms with E-state index in [1.165, 1.54) is 44.9 Å². The second-order valence-corrected chi connectivity index (χ2v) is 6.77. The van der Waals surface area contributed by atoms with Gasteiger partial charge in [-0.1, -0.05) is 45.6 Å². The first-order valence-corrected chi connectivity index (χ1v) is 7.95. The summed E-state index contributed by atoms with van der Waals surface area (Å²) >= 11 is 0. The van der Waals surface area contributed by atoms with Crippen molar-refractivity contribution >= 4 is 0 Å². The molecule has 0 aromatic carbocycles. The number of hydrogen-bond donors (Lipinski definition) is 0. The number of ether oxygens (including phenoxy) is 1. The first-order chi connectivity index (χ1) is 8.70. The topological polar surface area (TPSA) is 9.23 Å². The van der Waals surface area contributed by atoms with Gasteiger partial charge in [0.1, 0.15) is 0 Å². The Bertz CT molecular complexity index is 248. The Morgan fingerprint density at radius 3 is 2.28 bits per heavy atom. The number of hydrogen-bond acceptors (Lipinski definition) is 1. The highest BCUT2D eigenvalue weighted by atomic mass is 16.5. The van der Waals surface area contributed by atoms with Crippen molar-refractivity contribution in [3.8, 4) is 0 Å². The second kappa shape index (κ2) is 6.75.